The van der Waals surface area contributed by atoms with Gasteiger partial charge in [-0.25, -0.2) is 0 Å². The molecule has 5 heteroatoms. The SMILES string of the molecule is COc1cc(C2CC2)cc(OC)c1OC.O=[SH2]. The third-order valence-corrected chi connectivity index (χ3v) is 2.74. The van der Waals surface area contributed by atoms with Gasteiger partial charge in [0.25, 0.3) is 0 Å². The highest BCUT2D eigenvalue weighted by molar-refractivity contribution is 7.44. The van der Waals surface area contributed by atoms with Gasteiger partial charge in [0, 0.05) is 0 Å². The Labute approximate surface area is 106 Å². The first kappa shape index (κ1) is 13.8. The van der Waals surface area contributed by atoms with Gasteiger partial charge >= 0.3 is 0 Å². The summed E-state index contributed by atoms with van der Waals surface area (Å²) in [5.41, 5.74) is 1.28. The first-order chi connectivity index (χ1) is 8.30. The van der Waals surface area contributed by atoms with Crippen LogP contribution in [0.4, 0.5) is 0 Å². The molecule has 1 fully saturated rings. The maximum absolute atomic E-state index is 8.06. The zero-order valence-corrected chi connectivity index (χ0v) is 11.3. The summed E-state index contributed by atoms with van der Waals surface area (Å²) >= 11 is 1.72. The van der Waals surface area contributed by atoms with Gasteiger partial charge in [0.15, 0.2) is 11.5 Å². The number of benzene rings is 1. The van der Waals surface area contributed by atoms with Gasteiger partial charge in [0.1, 0.15) is 0 Å². The molecule has 96 valence electrons. The van der Waals surface area contributed by atoms with Crippen LogP contribution in [0.5, 0.6) is 17.2 Å². The van der Waals surface area contributed by atoms with E-state index in [9.17, 15) is 0 Å². The lowest BCUT2D eigenvalue weighted by molar-refractivity contribution is 0.324. The van der Waals surface area contributed by atoms with E-state index in [0.717, 1.165) is 11.5 Å². The summed E-state index contributed by atoms with van der Waals surface area (Å²) in [4.78, 5) is 0. The van der Waals surface area contributed by atoms with Crippen LogP contribution in [-0.4, -0.2) is 25.5 Å². The van der Waals surface area contributed by atoms with Gasteiger partial charge in [0.2, 0.25) is 5.75 Å². The lowest BCUT2D eigenvalue weighted by Gasteiger charge is -2.13. The monoisotopic (exact) mass is 258 g/mol. The molecular formula is C12H18O4S. The van der Waals surface area contributed by atoms with Crippen LogP contribution in [0.15, 0.2) is 12.1 Å². The highest BCUT2D eigenvalue weighted by atomic mass is 32.1. The van der Waals surface area contributed by atoms with Crippen LogP contribution >= 0.6 is 0 Å². The number of hydrogen-bond donors (Lipinski definition) is 0. The Morgan fingerprint density at radius 3 is 1.76 bits per heavy atom. The second kappa shape index (κ2) is 6.49. The number of methoxy groups -OCH3 is 3. The first-order valence-electron chi connectivity index (χ1n) is 5.30. The van der Waals surface area contributed by atoms with Crippen molar-refractivity contribution in [3.63, 3.8) is 0 Å². The Balaban J connectivity index is 0.000000686. The maximum atomic E-state index is 8.06. The molecule has 2 rings (SSSR count). The standard InChI is InChI=1S/C12H16O3.H2OS/c1-13-10-6-9(8-4-5-8)7-11(14-2)12(10)15-3;1-2/h6-8H,4-5H2,1-3H3;2H2. The molecule has 0 radical (unpaired) electrons. The van der Waals surface area contributed by atoms with Crippen molar-refractivity contribution in [3.05, 3.63) is 17.7 Å². The average molecular weight is 258 g/mol. The molecule has 1 aliphatic rings. The lowest BCUT2D eigenvalue weighted by Crippen LogP contribution is -1.96. The Morgan fingerprint density at radius 1 is 1.00 bits per heavy atom. The Hall–Kier alpha value is -1.23. The molecule has 1 saturated carbocycles. The van der Waals surface area contributed by atoms with Gasteiger partial charge < -0.3 is 14.2 Å². The van der Waals surface area contributed by atoms with E-state index < -0.39 is 0 Å². The van der Waals surface area contributed by atoms with Crippen molar-refractivity contribution in [1.82, 2.24) is 0 Å². The molecule has 0 N–H and O–H groups in total. The predicted octanol–water partition coefficient (Wildman–Crippen LogP) is 1.72. The number of ether oxygens (including phenoxy) is 3. The molecule has 0 bridgehead atoms. The van der Waals surface area contributed by atoms with Crippen LogP contribution in [0.25, 0.3) is 0 Å². The quantitative estimate of drug-likeness (QED) is 0.825. The summed E-state index contributed by atoms with van der Waals surface area (Å²) in [6, 6.07) is 4.08. The number of hydrogen-bond acceptors (Lipinski definition) is 4. The summed E-state index contributed by atoms with van der Waals surface area (Å²) in [6.07, 6.45) is 2.53. The minimum atomic E-state index is 0.671. The Morgan fingerprint density at radius 2 is 1.47 bits per heavy atom. The normalized spacial score (nSPS) is 13.4. The van der Waals surface area contributed by atoms with Crippen molar-refractivity contribution in [3.8, 4) is 17.2 Å². The van der Waals surface area contributed by atoms with E-state index in [-0.39, 0.29) is 0 Å². The predicted molar refractivity (Wildman–Crippen MR) is 69.0 cm³/mol. The van der Waals surface area contributed by atoms with Gasteiger partial charge in [-0.1, -0.05) is 0 Å². The molecule has 0 saturated heterocycles. The molecular weight excluding hydrogens is 240 g/mol. The van der Waals surface area contributed by atoms with Gasteiger partial charge in [-0.15, -0.1) is 0 Å². The third-order valence-electron chi connectivity index (χ3n) is 2.74. The molecule has 17 heavy (non-hydrogen) atoms. The minimum absolute atomic E-state index is 0.671. The van der Waals surface area contributed by atoms with Gasteiger partial charge in [-0.05, 0) is 49.0 Å². The van der Waals surface area contributed by atoms with E-state index in [2.05, 4.69) is 0 Å². The van der Waals surface area contributed by atoms with E-state index in [1.807, 2.05) is 12.1 Å². The molecule has 0 spiro atoms. The number of rotatable bonds is 4. The molecule has 0 heterocycles. The summed E-state index contributed by atoms with van der Waals surface area (Å²) < 4.78 is 23.9. The van der Waals surface area contributed by atoms with Gasteiger partial charge in [-0.3, -0.25) is 4.21 Å². The fraction of sp³-hybridized carbons (Fsp3) is 0.500. The van der Waals surface area contributed by atoms with E-state index in [1.165, 1.54) is 18.4 Å². The Bertz CT molecular complexity index is 352. The fourth-order valence-electron chi connectivity index (χ4n) is 1.75. The van der Waals surface area contributed by atoms with Crippen LogP contribution in [0.1, 0.15) is 24.3 Å². The topological polar surface area (TPSA) is 44.8 Å². The van der Waals surface area contributed by atoms with Crippen molar-refractivity contribution in [2.75, 3.05) is 21.3 Å². The summed E-state index contributed by atoms with van der Waals surface area (Å²) in [6.45, 7) is 0. The van der Waals surface area contributed by atoms with Gasteiger partial charge in [0.05, 0.1) is 21.3 Å². The van der Waals surface area contributed by atoms with Crippen molar-refractivity contribution in [2.45, 2.75) is 18.8 Å². The Kier molecular flexibility index (Phi) is 5.28. The fourth-order valence-corrected chi connectivity index (χ4v) is 1.75. The van der Waals surface area contributed by atoms with Crippen molar-refractivity contribution < 1.29 is 18.4 Å². The zero-order valence-electron chi connectivity index (χ0n) is 10.3. The van der Waals surface area contributed by atoms with Crippen LogP contribution in [0, 0.1) is 0 Å². The van der Waals surface area contributed by atoms with Crippen molar-refractivity contribution in [2.24, 2.45) is 0 Å². The largest absolute Gasteiger partial charge is 0.493 e. The smallest absolute Gasteiger partial charge is 0.203 e. The maximum Gasteiger partial charge on any atom is 0.203 e. The summed E-state index contributed by atoms with van der Waals surface area (Å²) in [5.74, 6) is 2.85. The molecule has 1 aliphatic carbocycles. The summed E-state index contributed by atoms with van der Waals surface area (Å²) in [7, 11) is 4.92. The zero-order chi connectivity index (χ0) is 12.8. The molecule has 0 amide bonds. The van der Waals surface area contributed by atoms with E-state index in [4.69, 9.17) is 18.4 Å². The van der Waals surface area contributed by atoms with Crippen LogP contribution in [0.2, 0.25) is 0 Å². The molecule has 1 aromatic carbocycles. The molecule has 0 unspecified atom stereocenters. The second-order valence-corrected chi connectivity index (χ2v) is 3.73. The first-order valence-corrected chi connectivity index (χ1v) is 5.71. The molecule has 1 aromatic rings. The van der Waals surface area contributed by atoms with Crippen molar-refractivity contribution in [1.29, 1.82) is 0 Å². The molecule has 0 aromatic heterocycles. The molecule has 0 aliphatic heterocycles. The average Bonchev–Trinajstić information content (AvgIpc) is 3.23. The van der Waals surface area contributed by atoms with Crippen LogP contribution in [-0.2, 0) is 12.5 Å². The molecule has 0 atom stereocenters. The van der Waals surface area contributed by atoms with Crippen LogP contribution < -0.4 is 14.2 Å². The summed E-state index contributed by atoms with van der Waals surface area (Å²) in [5, 5.41) is 0. The van der Waals surface area contributed by atoms with E-state index in [1.54, 1.807) is 33.9 Å². The minimum Gasteiger partial charge on any atom is -0.493 e. The highest BCUT2D eigenvalue weighted by Crippen LogP contribution is 2.46. The lowest BCUT2D eigenvalue weighted by atomic mass is 10.1. The van der Waals surface area contributed by atoms with Crippen molar-refractivity contribution >= 4 is 12.5 Å². The van der Waals surface area contributed by atoms with Crippen LogP contribution in [0.3, 0.4) is 0 Å². The highest BCUT2D eigenvalue weighted by Gasteiger charge is 2.26. The second-order valence-electron chi connectivity index (χ2n) is 3.73. The van der Waals surface area contributed by atoms with Gasteiger partial charge in [-0.2, -0.15) is 0 Å². The third kappa shape index (κ3) is 3.12. The molecule has 4 nitrogen and oxygen atoms in total. The van der Waals surface area contributed by atoms with E-state index in [0.29, 0.717) is 11.7 Å². The van der Waals surface area contributed by atoms with E-state index >= 15 is 0 Å².